The van der Waals surface area contributed by atoms with E-state index in [1.54, 1.807) is 0 Å². The number of ether oxygens (including phenoxy) is 1. The number of hydrogen-bond donors (Lipinski definition) is 0. The Labute approximate surface area is 139 Å². The number of sulfone groups is 1. The lowest BCUT2D eigenvalue weighted by Gasteiger charge is -2.37. The topological polar surface area (TPSA) is 49.9 Å². The SMILES string of the molecule is CS(=O)(=O)CCCN1C[C@@H]2OCCN(Cc3ccccc3)[C@@H]2C1. The highest BCUT2D eigenvalue weighted by atomic mass is 32.2. The predicted molar refractivity (Wildman–Crippen MR) is 91.1 cm³/mol. The summed E-state index contributed by atoms with van der Waals surface area (Å²) in [6, 6.07) is 11.0. The second-order valence-corrected chi connectivity index (χ2v) is 8.94. The van der Waals surface area contributed by atoms with E-state index in [0.717, 1.165) is 39.3 Å². The van der Waals surface area contributed by atoms with E-state index < -0.39 is 9.84 Å². The molecule has 0 saturated carbocycles. The van der Waals surface area contributed by atoms with E-state index in [1.807, 2.05) is 6.07 Å². The summed E-state index contributed by atoms with van der Waals surface area (Å²) in [7, 11) is -2.86. The van der Waals surface area contributed by atoms with Crippen molar-refractivity contribution in [1.82, 2.24) is 9.80 Å². The van der Waals surface area contributed by atoms with E-state index in [-0.39, 0.29) is 11.9 Å². The Morgan fingerprint density at radius 1 is 1.22 bits per heavy atom. The summed E-state index contributed by atoms with van der Waals surface area (Å²) in [6.45, 7) is 5.44. The van der Waals surface area contributed by atoms with Crippen molar-refractivity contribution in [2.75, 3.05) is 44.8 Å². The van der Waals surface area contributed by atoms with Crippen LogP contribution in [0.5, 0.6) is 0 Å². The van der Waals surface area contributed by atoms with Gasteiger partial charge in [-0.15, -0.1) is 0 Å². The summed E-state index contributed by atoms with van der Waals surface area (Å²) >= 11 is 0. The summed E-state index contributed by atoms with van der Waals surface area (Å²) in [5.74, 6) is 0.271. The van der Waals surface area contributed by atoms with Crippen LogP contribution in [0, 0.1) is 0 Å². The maximum absolute atomic E-state index is 11.3. The van der Waals surface area contributed by atoms with E-state index in [4.69, 9.17) is 4.74 Å². The summed E-state index contributed by atoms with van der Waals surface area (Å²) in [5, 5.41) is 0. The van der Waals surface area contributed by atoms with Gasteiger partial charge in [-0.3, -0.25) is 9.80 Å². The first-order valence-corrected chi connectivity index (χ1v) is 10.4. The first kappa shape index (κ1) is 16.9. The number of likely N-dealkylation sites (tertiary alicyclic amines) is 1. The van der Waals surface area contributed by atoms with Gasteiger partial charge in [-0.05, 0) is 18.5 Å². The van der Waals surface area contributed by atoms with Gasteiger partial charge in [0.1, 0.15) is 9.84 Å². The van der Waals surface area contributed by atoms with Crippen LogP contribution in [-0.4, -0.2) is 75.2 Å². The van der Waals surface area contributed by atoms with Crippen molar-refractivity contribution >= 4 is 9.84 Å². The molecule has 3 rings (SSSR count). The molecule has 2 saturated heterocycles. The molecule has 0 aromatic heterocycles. The zero-order valence-electron chi connectivity index (χ0n) is 13.7. The predicted octanol–water partition coefficient (Wildman–Crippen LogP) is 1.01. The fourth-order valence-electron chi connectivity index (χ4n) is 3.58. The van der Waals surface area contributed by atoms with Gasteiger partial charge in [0.05, 0.1) is 24.5 Å². The zero-order chi connectivity index (χ0) is 16.3. The molecular weight excluding hydrogens is 312 g/mol. The van der Waals surface area contributed by atoms with Gasteiger partial charge in [0, 0.05) is 32.4 Å². The number of nitrogens with zero attached hydrogens (tertiary/aromatic N) is 2. The molecule has 0 N–H and O–H groups in total. The fraction of sp³-hybridized carbons (Fsp3) is 0.647. The highest BCUT2D eigenvalue weighted by molar-refractivity contribution is 7.90. The first-order chi connectivity index (χ1) is 11.0. The third-order valence-corrected chi connectivity index (χ3v) is 5.74. The van der Waals surface area contributed by atoms with Crippen LogP contribution in [-0.2, 0) is 21.1 Å². The lowest BCUT2D eigenvalue weighted by Crippen LogP contribution is -2.50. The number of rotatable bonds is 6. The molecule has 0 spiro atoms. The molecule has 2 fully saturated rings. The molecule has 0 unspecified atom stereocenters. The molecule has 6 heteroatoms. The lowest BCUT2D eigenvalue weighted by atomic mass is 10.1. The van der Waals surface area contributed by atoms with Crippen LogP contribution >= 0.6 is 0 Å². The number of benzene rings is 1. The highest BCUT2D eigenvalue weighted by Gasteiger charge is 2.39. The van der Waals surface area contributed by atoms with Crippen LogP contribution < -0.4 is 0 Å². The second-order valence-electron chi connectivity index (χ2n) is 6.68. The molecule has 2 atom stereocenters. The lowest BCUT2D eigenvalue weighted by molar-refractivity contribution is -0.0504. The minimum atomic E-state index is -2.86. The summed E-state index contributed by atoms with van der Waals surface area (Å²) < 4.78 is 28.5. The van der Waals surface area contributed by atoms with Crippen molar-refractivity contribution in [1.29, 1.82) is 0 Å². The Kier molecular flexibility index (Phi) is 5.36. The number of hydrogen-bond acceptors (Lipinski definition) is 5. The molecule has 0 amide bonds. The van der Waals surface area contributed by atoms with E-state index in [9.17, 15) is 8.42 Å². The van der Waals surface area contributed by atoms with Gasteiger partial charge in [-0.1, -0.05) is 30.3 Å². The van der Waals surface area contributed by atoms with Crippen LogP contribution in [0.1, 0.15) is 12.0 Å². The summed E-state index contributed by atoms with van der Waals surface area (Å²) in [6.07, 6.45) is 2.27. The van der Waals surface area contributed by atoms with E-state index >= 15 is 0 Å². The summed E-state index contributed by atoms with van der Waals surface area (Å²) in [4.78, 5) is 4.86. The van der Waals surface area contributed by atoms with Crippen molar-refractivity contribution in [2.24, 2.45) is 0 Å². The largest absolute Gasteiger partial charge is 0.374 e. The van der Waals surface area contributed by atoms with Crippen molar-refractivity contribution in [3.8, 4) is 0 Å². The standard InChI is InChI=1S/C17H26N2O3S/c1-23(20,21)11-5-8-18-13-16-17(14-18)22-10-9-19(16)12-15-6-3-2-4-7-15/h2-4,6-7,16-17H,5,8-14H2,1H3/t16-,17+/m1/s1. The number of fused-ring (bicyclic) bond motifs is 1. The van der Waals surface area contributed by atoms with Gasteiger partial charge in [0.15, 0.2) is 0 Å². The fourth-order valence-corrected chi connectivity index (χ4v) is 4.23. The molecule has 2 aliphatic heterocycles. The molecule has 1 aromatic carbocycles. The molecular formula is C17H26N2O3S. The Hall–Kier alpha value is -0.950. The van der Waals surface area contributed by atoms with Crippen molar-refractivity contribution in [3.63, 3.8) is 0 Å². The zero-order valence-corrected chi connectivity index (χ0v) is 14.5. The minimum Gasteiger partial charge on any atom is -0.374 e. The Morgan fingerprint density at radius 3 is 2.74 bits per heavy atom. The Morgan fingerprint density at radius 2 is 2.00 bits per heavy atom. The van der Waals surface area contributed by atoms with Crippen LogP contribution in [0.25, 0.3) is 0 Å². The molecule has 1 aromatic rings. The van der Waals surface area contributed by atoms with E-state index in [0.29, 0.717) is 12.5 Å². The van der Waals surface area contributed by atoms with E-state index in [2.05, 4.69) is 34.1 Å². The molecule has 128 valence electrons. The third kappa shape index (κ3) is 4.76. The second kappa shape index (κ2) is 7.30. The van der Waals surface area contributed by atoms with Gasteiger partial charge in [0.2, 0.25) is 0 Å². The molecule has 0 bridgehead atoms. The van der Waals surface area contributed by atoms with Crippen LogP contribution in [0.3, 0.4) is 0 Å². The van der Waals surface area contributed by atoms with Crippen molar-refractivity contribution in [2.45, 2.75) is 25.1 Å². The smallest absolute Gasteiger partial charge is 0.147 e. The third-order valence-electron chi connectivity index (χ3n) is 4.71. The average Bonchev–Trinajstić information content (AvgIpc) is 2.91. The van der Waals surface area contributed by atoms with E-state index in [1.165, 1.54) is 11.8 Å². The molecule has 2 aliphatic rings. The van der Waals surface area contributed by atoms with Gasteiger partial charge in [-0.25, -0.2) is 8.42 Å². The van der Waals surface area contributed by atoms with Gasteiger partial charge < -0.3 is 4.74 Å². The molecule has 0 aliphatic carbocycles. The van der Waals surface area contributed by atoms with Crippen molar-refractivity contribution < 1.29 is 13.2 Å². The first-order valence-electron chi connectivity index (χ1n) is 8.31. The monoisotopic (exact) mass is 338 g/mol. The van der Waals surface area contributed by atoms with Crippen LogP contribution in [0.2, 0.25) is 0 Å². The Bertz CT molecular complexity index is 606. The maximum atomic E-state index is 11.3. The van der Waals surface area contributed by atoms with Gasteiger partial charge >= 0.3 is 0 Å². The molecule has 2 heterocycles. The van der Waals surface area contributed by atoms with Crippen LogP contribution in [0.4, 0.5) is 0 Å². The average molecular weight is 338 g/mol. The Balaban J connectivity index is 1.55. The van der Waals surface area contributed by atoms with Crippen molar-refractivity contribution in [3.05, 3.63) is 35.9 Å². The minimum absolute atomic E-state index is 0.255. The molecule has 0 radical (unpaired) electrons. The quantitative estimate of drug-likeness (QED) is 0.775. The van der Waals surface area contributed by atoms with Gasteiger partial charge in [0.25, 0.3) is 0 Å². The number of morpholine rings is 1. The normalized spacial score (nSPS) is 26.3. The maximum Gasteiger partial charge on any atom is 0.147 e. The molecule has 5 nitrogen and oxygen atoms in total. The molecule has 23 heavy (non-hydrogen) atoms. The highest BCUT2D eigenvalue weighted by Crippen LogP contribution is 2.24. The van der Waals surface area contributed by atoms with Gasteiger partial charge in [-0.2, -0.15) is 0 Å². The van der Waals surface area contributed by atoms with Crippen LogP contribution in [0.15, 0.2) is 30.3 Å². The summed E-state index contributed by atoms with van der Waals surface area (Å²) in [5.41, 5.74) is 1.34.